The molecule has 148 valence electrons. The molecule has 0 atom stereocenters. The maximum Gasteiger partial charge on any atom is 0.416 e. The van der Waals surface area contributed by atoms with E-state index in [9.17, 15) is 18.3 Å². The molecule has 1 heterocycles. The summed E-state index contributed by atoms with van der Waals surface area (Å²) >= 11 is 0. The first-order chi connectivity index (χ1) is 13.4. The van der Waals surface area contributed by atoms with Crippen molar-refractivity contribution in [3.05, 3.63) is 65.5 Å². The first-order valence-corrected chi connectivity index (χ1v) is 8.86. The molecule has 2 aromatic carbocycles. The largest absolute Gasteiger partial charge is 0.508 e. The molecular formula is C20H20F3N3O2. The Hall–Kier alpha value is -2.87. The fourth-order valence-electron chi connectivity index (χ4n) is 2.88. The predicted octanol–water partition coefficient (Wildman–Crippen LogP) is 4.87. The van der Waals surface area contributed by atoms with E-state index in [1.807, 2.05) is 24.0 Å². The zero-order valence-electron chi connectivity index (χ0n) is 15.3. The van der Waals surface area contributed by atoms with Gasteiger partial charge in [-0.15, -0.1) is 0 Å². The van der Waals surface area contributed by atoms with Crippen LogP contribution in [0.15, 0.2) is 53.1 Å². The number of aromatic nitrogens is 2. The number of para-hydroxylation sites is 1. The van der Waals surface area contributed by atoms with E-state index >= 15 is 0 Å². The summed E-state index contributed by atoms with van der Waals surface area (Å²) in [5.41, 5.74) is 0.254. The third-order valence-corrected chi connectivity index (χ3v) is 4.20. The molecule has 1 N–H and O–H groups in total. The van der Waals surface area contributed by atoms with Crippen molar-refractivity contribution in [3.8, 4) is 17.1 Å². The van der Waals surface area contributed by atoms with Gasteiger partial charge in [0.25, 0.3) is 0 Å². The van der Waals surface area contributed by atoms with Gasteiger partial charge in [0, 0.05) is 17.7 Å². The Morgan fingerprint density at radius 1 is 1.07 bits per heavy atom. The molecule has 0 spiro atoms. The van der Waals surface area contributed by atoms with Crippen LogP contribution in [0.5, 0.6) is 5.75 Å². The fraction of sp³-hybridized carbons (Fsp3) is 0.300. The van der Waals surface area contributed by atoms with Gasteiger partial charge in [0.05, 0.1) is 12.1 Å². The lowest BCUT2D eigenvalue weighted by Crippen LogP contribution is -2.23. The molecule has 3 aromatic rings. The summed E-state index contributed by atoms with van der Waals surface area (Å²) in [5, 5.41) is 13.8. The van der Waals surface area contributed by atoms with Crippen LogP contribution in [0.4, 0.5) is 13.2 Å². The number of hydrogen-bond acceptors (Lipinski definition) is 5. The van der Waals surface area contributed by atoms with Crippen LogP contribution in [0.1, 0.15) is 30.4 Å². The summed E-state index contributed by atoms with van der Waals surface area (Å²) in [4.78, 5) is 6.27. The Balaban J connectivity index is 1.76. The third-order valence-electron chi connectivity index (χ3n) is 4.20. The highest BCUT2D eigenvalue weighted by atomic mass is 19.4. The Morgan fingerprint density at radius 3 is 2.57 bits per heavy atom. The van der Waals surface area contributed by atoms with Crippen LogP contribution in [-0.4, -0.2) is 26.7 Å². The normalized spacial score (nSPS) is 11.9. The van der Waals surface area contributed by atoms with Crippen molar-refractivity contribution in [1.82, 2.24) is 15.0 Å². The van der Waals surface area contributed by atoms with E-state index in [0.717, 1.165) is 30.7 Å². The number of phenols is 1. The Kier molecular flexibility index (Phi) is 5.99. The smallest absolute Gasteiger partial charge is 0.416 e. The quantitative estimate of drug-likeness (QED) is 0.622. The molecule has 5 nitrogen and oxygen atoms in total. The maximum atomic E-state index is 12.9. The summed E-state index contributed by atoms with van der Waals surface area (Å²) in [5.74, 6) is 0.621. The van der Waals surface area contributed by atoms with Crippen molar-refractivity contribution in [2.75, 3.05) is 6.54 Å². The number of phenolic OH excluding ortho intramolecular Hbond substituents is 1. The zero-order chi connectivity index (χ0) is 20.1. The second-order valence-electron chi connectivity index (χ2n) is 6.43. The lowest BCUT2D eigenvalue weighted by molar-refractivity contribution is -0.137. The molecule has 0 unspecified atom stereocenters. The van der Waals surface area contributed by atoms with Gasteiger partial charge < -0.3 is 9.63 Å². The maximum absolute atomic E-state index is 12.9. The van der Waals surface area contributed by atoms with Crippen LogP contribution in [0.2, 0.25) is 0 Å². The van der Waals surface area contributed by atoms with E-state index in [2.05, 4.69) is 10.1 Å². The van der Waals surface area contributed by atoms with E-state index in [0.29, 0.717) is 19.0 Å². The zero-order valence-corrected chi connectivity index (χ0v) is 15.3. The molecule has 8 heteroatoms. The SMILES string of the molecule is CCCN(Cc1nc(-c2cccc(C(F)(F)F)c2)no1)Cc1ccccc1O. The second-order valence-corrected chi connectivity index (χ2v) is 6.43. The van der Waals surface area contributed by atoms with Gasteiger partial charge in [-0.05, 0) is 31.2 Å². The van der Waals surface area contributed by atoms with Gasteiger partial charge in [-0.2, -0.15) is 18.2 Å². The third kappa shape index (κ3) is 4.89. The standard InChI is InChI=1S/C20H20F3N3O2/c1-2-10-26(12-15-6-3-4-9-17(15)27)13-18-24-19(25-28-18)14-7-5-8-16(11-14)20(21,22)23/h3-9,11,27H,2,10,12-13H2,1H3. The number of nitrogens with zero attached hydrogens (tertiary/aromatic N) is 3. The number of rotatable bonds is 7. The molecule has 0 fully saturated rings. The van der Waals surface area contributed by atoms with Crippen molar-refractivity contribution in [3.63, 3.8) is 0 Å². The summed E-state index contributed by atoms with van der Waals surface area (Å²) in [6, 6.07) is 11.9. The summed E-state index contributed by atoms with van der Waals surface area (Å²) < 4.78 is 43.9. The van der Waals surface area contributed by atoms with Crippen molar-refractivity contribution >= 4 is 0 Å². The summed E-state index contributed by atoms with van der Waals surface area (Å²) in [7, 11) is 0. The molecule has 0 aliphatic rings. The highest BCUT2D eigenvalue weighted by Crippen LogP contribution is 2.31. The van der Waals surface area contributed by atoms with E-state index in [1.54, 1.807) is 12.1 Å². The minimum absolute atomic E-state index is 0.111. The van der Waals surface area contributed by atoms with Crippen LogP contribution >= 0.6 is 0 Å². The first-order valence-electron chi connectivity index (χ1n) is 8.86. The van der Waals surface area contributed by atoms with Gasteiger partial charge in [-0.3, -0.25) is 4.90 Å². The van der Waals surface area contributed by atoms with E-state index in [1.165, 1.54) is 12.1 Å². The van der Waals surface area contributed by atoms with Crippen molar-refractivity contribution < 1.29 is 22.8 Å². The average molecular weight is 391 g/mol. The van der Waals surface area contributed by atoms with E-state index in [4.69, 9.17) is 4.52 Å². The van der Waals surface area contributed by atoms with Gasteiger partial charge in [-0.25, -0.2) is 0 Å². The molecule has 28 heavy (non-hydrogen) atoms. The monoisotopic (exact) mass is 391 g/mol. The van der Waals surface area contributed by atoms with Gasteiger partial charge in [0.2, 0.25) is 11.7 Å². The van der Waals surface area contributed by atoms with Crippen LogP contribution in [0.3, 0.4) is 0 Å². The highest BCUT2D eigenvalue weighted by Gasteiger charge is 2.30. The van der Waals surface area contributed by atoms with Crippen LogP contribution in [0.25, 0.3) is 11.4 Å². The van der Waals surface area contributed by atoms with Crippen molar-refractivity contribution in [2.24, 2.45) is 0 Å². The van der Waals surface area contributed by atoms with E-state index < -0.39 is 11.7 Å². The average Bonchev–Trinajstić information content (AvgIpc) is 3.12. The number of benzene rings is 2. The lowest BCUT2D eigenvalue weighted by Gasteiger charge is -2.20. The summed E-state index contributed by atoms with van der Waals surface area (Å²) in [6.45, 7) is 3.57. The molecule has 3 rings (SSSR count). The number of hydrogen-bond donors (Lipinski definition) is 1. The van der Waals surface area contributed by atoms with E-state index in [-0.39, 0.29) is 17.1 Å². The van der Waals surface area contributed by atoms with Crippen LogP contribution in [-0.2, 0) is 19.3 Å². The molecule has 0 aliphatic heterocycles. The minimum atomic E-state index is -4.43. The van der Waals surface area contributed by atoms with Gasteiger partial charge in [0.1, 0.15) is 5.75 Å². The van der Waals surface area contributed by atoms with Gasteiger partial charge >= 0.3 is 6.18 Å². The van der Waals surface area contributed by atoms with Crippen LogP contribution < -0.4 is 0 Å². The molecule has 0 aliphatic carbocycles. The number of halogens is 3. The van der Waals surface area contributed by atoms with Crippen LogP contribution in [0, 0.1) is 0 Å². The Labute approximate surface area is 160 Å². The molecule has 0 saturated heterocycles. The highest BCUT2D eigenvalue weighted by molar-refractivity contribution is 5.55. The Bertz CT molecular complexity index is 925. The van der Waals surface area contributed by atoms with Gasteiger partial charge in [0.15, 0.2) is 0 Å². The lowest BCUT2D eigenvalue weighted by atomic mass is 10.1. The topological polar surface area (TPSA) is 62.4 Å². The minimum Gasteiger partial charge on any atom is -0.508 e. The van der Waals surface area contributed by atoms with Gasteiger partial charge in [-0.1, -0.05) is 42.4 Å². The molecule has 0 radical (unpaired) electrons. The van der Waals surface area contributed by atoms with Crippen molar-refractivity contribution in [2.45, 2.75) is 32.6 Å². The molecule has 0 amide bonds. The number of alkyl halides is 3. The molecule has 0 bridgehead atoms. The van der Waals surface area contributed by atoms with Crippen molar-refractivity contribution in [1.29, 1.82) is 0 Å². The molecule has 0 saturated carbocycles. The molecular weight excluding hydrogens is 371 g/mol. The first kappa shape index (κ1) is 19.9. The fourth-order valence-corrected chi connectivity index (χ4v) is 2.88. The summed E-state index contributed by atoms with van der Waals surface area (Å²) in [6.07, 6.45) is -3.56. The number of aromatic hydroxyl groups is 1. The molecule has 1 aromatic heterocycles. The Morgan fingerprint density at radius 2 is 1.86 bits per heavy atom. The second kappa shape index (κ2) is 8.43. The predicted molar refractivity (Wildman–Crippen MR) is 97.2 cm³/mol.